The molecule has 0 saturated heterocycles. The molecule has 6 nitrogen and oxygen atoms in total. The highest BCUT2D eigenvalue weighted by atomic mass is 16.6. The van der Waals surface area contributed by atoms with E-state index in [4.69, 9.17) is 13.9 Å². The fourth-order valence-electron chi connectivity index (χ4n) is 2.18. The van der Waals surface area contributed by atoms with Gasteiger partial charge >= 0.3 is 5.97 Å². The van der Waals surface area contributed by atoms with Crippen LogP contribution in [0.5, 0.6) is 0 Å². The number of fused-ring (bicyclic) bond motifs is 1. The zero-order valence-corrected chi connectivity index (χ0v) is 13.1. The third kappa shape index (κ3) is 3.12. The lowest BCUT2D eigenvalue weighted by Crippen LogP contribution is -2.35. The van der Waals surface area contributed by atoms with Crippen molar-refractivity contribution in [3.05, 3.63) is 35.6 Å². The maximum atomic E-state index is 12.3. The Kier molecular flexibility index (Phi) is 4.82. The summed E-state index contributed by atoms with van der Waals surface area (Å²) in [6.45, 7) is 1.75. The van der Waals surface area contributed by atoms with Gasteiger partial charge in [-0.3, -0.25) is 4.79 Å². The van der Waals surface area contributed by atoms with Crippen LogP contribution in [0.1, 0.15) is 23.0 Å². The number of hydrogen-bond donors (Lipinski definition) is 0. The molecular formula is C16H19NO5. The maximum absolute atomic E-state index is 12.3. The van der Waals surface area contributed by atoms with E-state index in [-0.39, 0.29) is 18.3 Å². The summed E-state index contributed by atoms with van der Waals surface area (Å²) < 4.78 is 15.9. The van der Waals surface area contributed by atoms with Crippen LogP contribution in [0.15, 0.2) is 28.7 Å². The molecule has 0 aliphatic heterocycles. The molecule has 1 aromatic heterocycles. The molecule has 1 aromatic carbocycles. The summed E-state index contributed by atoms with van der Waals surface area (Å²) in [5.74, 6) is -0.898. The average Bonchev–Trinajstić information content (AvgIpc) is 2.86. The number of methoxy groups -OCH3 is 1. The van der Waals surface area contributed by atoms with Crippen LogP contribution in [0.25, 0.3) is 11.0 Å². The first-order chi connectivity index (χ1) is 10.5. The van der Waals surface area contributed by atoms with Crippen LogP contribution in [-0.2, 0) is 20.9 Å². The van der Waals surface area contributed by atoms with Gasteiger partial charge in [-0.15, -0.1) is 0 Å². The summed E-state index contributed by atoms with van der Waals surface area (Å²) >= 11 is 0. The van der Waals surface area contributed by atoms with Crippen LogP contribution in [0.2, 0.25) is 0 Å². The number of benzene rings is 1. The number of ether oxygens (including phenoxy) is 2. The average molecular weight is 305 g/mol. The normalized spacial score (nSPS) is 12.2. The Hall–Kier alpha value is -2.34. The van der Waals surface area contributed by atoms with Crippen molar-refractivity contribution in [2.75, 3.05) is 21.2 Å². The Morgan fingerprint density at radius 1 is 1.27 bits per heavy atom. The minimum Gasteiger partial charge on any atom is -0.449 e. The number of carbonyl (C=O) groups excluding carboxylic acids is 2. The van der Waals surface area contributed by atoms with Crippen molar-refractivity contribution in [1.29, 1.82) is 0 Å². The van der Waals surface area contributed by atoms with Gasteiger partial charge in [-0.25, -0.2) is 4.79 Å². The number of likely N-dealkylation sites (N-methyl/N-ethyl adjacent to an activating group) is 1. The number of esters is 1. The second-order valence-corrected chi connectivity index (χ2v) is 5.12. The molecule has 6 heteroatoms. The largest absolute Gasteiger partial charge is 0.449 e. The monoisotopic (exact) mass is 305 g/mol. The van der Waals surface area contributed by atoms with Gasteiger partial charge in [-0.05, 0) is 13.0 Å². The number of rotatable bonds is 5. The number of carbonyl (C=O) groups is 2. The van der Waals surface area contributed by atoms with Gasteiger partial charge in [-0.1, -0.05) is 18.2 Å². The van der Waals surface area contributed by atoms with E-state index < -0.39 is 12.1 Å². The first kappa shape index (κ1) is 16.0. The number of amides is 1. The number of hydrogen-bond acceptors (Lipinski definition) is 5. The van der Waals surface area contributed by atoms with Crippen molar-refractivity contribution in [2.45, 2.75) is 19.6 Å². The maximum Gasteiger partial charge on any atom is 0.375 e. The van der Waals surface area contributed by atoms with Crippen molar-refractivity contribution in [1.82, 2.24) is 4.90 Å². The van der Waals surface area contributed by atoms with Crippen LogP contribution >= 0.6 is 0 Å². The zero-order chi connectivity index (χ0) is 16.3. The van der Waals surface area contributed by atoms with Crippen LogP contribution in [0.4, 0.5) is 0 Å². The minimum atomic E-state index is -0.883. The molecule has 0 radical (unpaired) electrons. The second-order valence-electron chi connectivity index (χ2n) is 5.12. The summed E-state index contributed by atoms with van der Waals surface area (Å²) in [5.41, 5.74) is 1.20. The highest BCUT2D eigenvalue weighted by Crippen LogP contribution is 2.27. The molecular weight excluding hydrogens is 286 g/mol. The van der Waals surface area contributed by atoms with E-state index in [2.05, 4.69) is 0 Å². The SMILES string of the molecule is COCc1c(C(=O)O[C@H](C)C(=O)N(C)C)oc2ccccc12. The highest BCUT2D eigenvalue weighted by molar-refractivity contribution is 5.97. The van der Waals surface area contributed by atoms with Gasteiger partial charge in [-0.2, -0.15) is 0 Å². The summed E-state index contributed by atoms with van der Waals surface area (Å²) in [5, 5.41) is 0.794. The van der Waals surface area contributed by atoms with Crippen molar-refractivity contribution in [3.8, 4) is 0 Å². The second kappa shape index (κ2) is 6.62. The van der Waals surface area contributed by atoms with Crippen LogP contribution in [-0.4, -0.2) is 44.1 Å². The Balaban J connectivity index is 2.31. The minimum absolute atomic E-state index is 0.0708. The van der Waals surface area contributed by atoms with Crippen LogP contribution in [0, 0.1) is 0 Å². The Morgan fingerprint density at radius 3 is 2.59 bits per heavy atom. The molecule has 1 amide bonds. The predicted molar refractivity (Wildman–Crippen MR) is 80.5 cm³/mol. The van der Waals surface area contributed by atoms with E-state index in [0.29, 0.717) is 11.1 Å². The van der Waals surface area contributed by atoms with Gasteiger partial charge in [0.2, 0.25) is 5.76 Å². The first-order valence-electron chi connectivity index (χ1n) is 6.87. The Labute approximate surface area is 128 Å². The number of nitrogens with zero attached hydrogens (tertiary/aromatic N) is 1. The molecule has 0 N–H and O–H groups in total. The molecule has 2 aromatic rings. The molecule has 0 unspecified atom stereocenters. The molecule has 1 atom stereocenters. The quantitative estimate of drug-likeness (QED) is 0.792. The highest BCUT2D eigenvalue weighted by Gasteiger charge is 2.26. The summed E-state index contributed by atoms with van der Waals surface area (Å²) in [7, 11) is 4.74. The van der Waals surface area contributed by atoms with E-state index in [1.54, 1.807) is 20.2 Å². The third-order valence-electron chi connectivity index (χ3n) is 3.24. The fraction of sp³-hybridized carbons (Fsp3) is 0.375. The first-order valence-corrected chi connectivity index (χ1v) is 6.87. The molecule has 0 fully saturated rings. The summed E-state index contributed by atoms with van der Waals surface area (Å²) in [4.78, 5) is 25.5. The molecule has 118 valence electrons. The molecule has 0 aliphatic rings. The Morgan fingerprint density at radius 2 is 1.95 bits per heavy atom. The van der Waals surface area contributed by atoms with Gasteiger partial charge in [0.1, 0.15) is 5.58 Å². The van der Waals surface area contributed by atoms with E-state index in [0.717, 1.165) is 5.39 Å². The summed E-state index contributed by atoms with van der Waals surface area (Å²) in [6.07, 6.45) is -0.883. The lowest BCUT2D eigenvalue weighted by atomic mass is 10.1. The Bertz CT molecular complexity index is 689. The molecule has 0 spiro atoms. The lowest BCUT2D eigenvalue weighted by molar-refractivity contribution is -0.137. The summed E-state index contributed by atoms with van der Waals surface area (Å²) in [6, 6.07) is 7.28. The number of furan rings is 1. The van der Waals surface area contributed by atoms with Gasteiger partial charge < -0.3 is 18.8 Å². The third-order valence-corrected chi connectivity index (χ3v) is 3.24. The standard InChI is InChI=1S/C16H19NO5/c1-10(15(18)17(2)3)21-16(19)14-12(9-20-4)11-7-5-6-8-13(11)22-14/h5-8,10H,9H2,1-4H3/t10-/m1/s1. The molecule has 0 saturated carbocycles. The zero-order valence-electron chi connectivity index (χ0n) is 13.1. The van der Waals surface area contributed by atoms with E-state index in [1.807, 2.05) is 18.2 Å². The van der Waals surface area contributed by atoms with E-state index >= 15 is 0 Å². The number of para-hydroxylation sites is 1. The molecule has 1 heterocycles. The molecule has 2 rings (SSSR count). The van der Waals surface area contributed by atoms with Gasteiger partial charge in [0.15, 0.2) is 6.10 Å². The lowest BCUT2D eigenvalue weighted by Gasteiger charge is -2.16. The van der Waals surface area contributed by atoms with Crippen molar-refractivity contribution in [2.24, 2.45) is 0 Å². The van der Waals surface area contributed by atoms with Gasteiger partial charge in [0, 0.05) is 32.2 Å². The molecule has 22 heavy (non-hydrogen) atoms. The van der Waals surface area contributed by atoms with Crippen LogP contribution in [0.3, 0.4) is 0 Å². The topological polar surface area (TPSA) is 69.0 Å². The van der Waals surface area contributed by atoms with Gasteiger partial charge in [0.05, 0.1) is 6.61 Å². The predicted octanol–water partition coefficient (Wildman–Crippen LogP) is 2.21. The molecule has 0 aliphatic carbocycles. The van der Waals surface area contributed by atoms with Crippen molar-refractivity contribution in [3.63, 3.8) is 0 Å². The smallest absolute Gasteiger partial charge is 0.375 e. The van der Waals surface area contributed by atoms with Crippen molar-refractivity contribution < 1.29 is 23.5 Å². The van der Waals surface area contributed by atoms with E-state index in [9.17, 15) is 9.59 Å². The van der Waals surface area contributed by atoms with Gasteiger partial charge in [0.25, 0.3) is 5.91 Å². The van der Waals surface area contributed by atoms with Crippen molar-refractivity contribution >= 4 is 22.8 Å². The van der Waals surface area contributed by atoms with Crippen LogP contribution < -0.4 is 0 Å². The van der Waals surface area contributed by atoms with E-state index in [1.165, 1.54) is 18.9 Å². The fourth-order valence-corrected chi connectivity index (χ4v) is 2.18. The molecule has 0 bridgehead atoms.